The molecule has 0 aromatic heterocycles. The van der Waals surface area contributed by atoms with Gasteiger partial charge in [-0.3, -0.25) is 4.79 Å². The van der Waals surface area contributed by atoms with Gasteiger partial charge in [-0.2, -0.15) is 4.31 Å². The van der Waals surface area contributed by atoms with Crippen molar-refractivity contribution < 1.29 is 17.9 Å². The van der Waals surface area contributed by atoms with Gasteiger partial charge >= 0.3 is 5.97 Å². The van der Waals surface area contributed by atoms with E-state index >= 15 is 0 Å². The molecule has 1 rings (SSSR count). The fraction of sp³-hybridized carbons (Fsp3) is 0.818. The first-order valence-corrected chi connectivity index (χ1v) is 8.26. The molecule has 0 radical (unpaired) electrons. The number of sulfonamides is 1. The van der Waals surface area contributed by atoms with Crippen molar-refractivity contribution >= 4 is 33.2 Å². The lowest BCUT2D eigenvalue weighted by Crippen LogP contribution is -2.50. The van der Waals surface area contributed by atoms with Crippen LogP contribution in [0.4, 0.5) is 0 Å². The monoisotopic (exact) mass is 308 g/mol. The summed E-state index contributed by atoms with van der Waals surface area (Å²) in [5.41, 5.74) is 5.60. The normalized spacial score (nSPS) is 21.0. The van der Waals surface area contributed by atoms with Gasteiger partial charge in [-0.1, -0.05) is 18.6 Å². The third kappa shape index (κ3) is 4.70. The van der Waals surface area contributed by atoms with E-state index in [1.54, 1.807) is 0 Å². The van der Waals surface area contributed by atoms with Gasteiger partial charge in [0.15, 0.2) is 0 Å². The Morgan fingerprint density at radius 2 is 2.16 bits per heavy atom. The summed E-state index contributed by atoms with van der Waals surface area (Å²) < 4.78 is 30.3. The number of thiocarbonyl (C=S) groups is 1. The highest BCUT2D eigenvalue weighted by atomic mass is 32.2. The van der Waals surface area contributed by atoms with Crippen LogP contribution in [0.15, 0.2) is 0 Å². The average molecular weight is 308 g/mol. The second-order valence-electron chi connectivity index (χ2n) is 4.52. The van der Waals surface area contributed by atoms with Crippen LogP contribution < -0.4 is 5.73 Å². The Hall–Kier alpha value is -0.730. The van der Waals surface area contributed by atoms with E-state index in [0.29, 0.717) is 13.0 Å². The van der Waals surface area contributed by atoms with Crippen molar-refractivity contribution in [2.45, 2.75) is 38.1 Å². The van der Waals surface area contributed by atoms with Crippen LogP contribution in [-0.4, -0.2) is 49.1 Å². The fourth-order valence-electron chi connectivity index (χ4n) is 2.14. The minimum Gasteiger partial charge on any atom is -0.469 e. The van der Waals surface area contributed by atoms with Gasteiger partial charge in [-0.25, -0.2) is 8.42 Å². The minimum absolute atomic E-state index is 0.0821. The number of nitrogens with two attached hydrogens (primary N) is 1. The smallest absolute Gasteiger partial charge is 0.305 e. The van der Waals surface area contributed by atoms with Crippen molar-refractivity contribution in [2.24, 2.45) is 5.73 Å². The molecule has 0 amide bonds. The molecule has 1 fully saturated rings. The Kier molecular flexibility index (Phi) is 6.15. The fourth-order valence-corrected chi connectivity index (χ4v) is 4.21. The van der Waals surface area contributed by atoms with Crippen LogP contribution >= 0.6 is 12.2 Å². The molecule has 110 valence electrons. The highest BCUT2D eigenvalue weighted by Gasteiger charge is 2.33. The van der Waals surface area contributed by atoms with Crippen molar-refractivity contribution in [1.82, 2.24) is 4.31 Å². The molecular formula is C11H20N2O4S2. The zero-order valence-electron chi connectivity index (χ0n) is 11.0. The second kappa shape index (κ2) is 7.16. The quantitative estimate of drug-likeness (QED) is 0.564. The van der Waals surface area contributed by atoms with Crippen molar-refractivity contribution in [3.63, 3.8) is 0 Å². The van der Waals surface area contributed by atoms with E-state index in [4.69, 9.17) is 18.0 Å². The number of carbonyl (C=O) groups is 1. The van der Waals surface area contributed by atoms with Crippen LogP contribution in [0.3, 0.4) is 0 Å². The van der Waals surface area contributed by atoms with E-state index in [-0.39, 0.29) is 29.6 Å². The largest absolute Gasteiger partial charge is 0.469 e. The van der Waals surface area contributed by atoms with E-state index in [1.165, 1.54) is 11.4 Å². The number of piperidine rings is 1. The summed E-state index contributed by atoms with van der Waals surface area (Å²) in [6.45, 7) is 0.447. The maximum absolute atomic E-state index is 12.2. The first kappa shape index (κ1) is 16.3. The van der Waals surface area contributed by atoms with Gasteiger partial charge in [-0.15, -0.1) is 0 Å². The summed E-state index contributed by atoms with van der Waals surface area (Å²) in [5, 5.41) is 0. The molecule has 2 N–H and O–H groups in total. The zero-order chi connectivity index (χ0) is 14.5. The molecular weight excluding hydrogens is 288 g/mol. The molecule has 8 heteroatoms. The van der Waals surface area contributed by atoms with Crippen molar-refractivity contribution in [3.05, 3.63) is 0 Å². The third-order valence-corrected chi connectivity index (χ3v) is 5.38. The van der Waals surface area contributed by atoms with Gasteiger partial charge in [0.25, 0.3) is 0 Å². The highest BCUT2D eigenvalue weighted by molar-refractivity contribution is 7.89. The molecule has 1 unspecified atom stereocenters. The molecule has 19 heavy (non-hydrogen) atoms. The predicted molar refractivity (Wildman–Crippen MR) is 76.2 cm³/mol. The van der Waals surface area contributed by atoms with E-state index in [2.05, 4.69) is 4.74 Å². The van der Waals surface area contributed by atoms with E-state index in [1.807, 2.05) is 0 Å². The first-order chi connectivity index (χ1) is 8.88. The van der Waals surface area contributed by atoms with Crippen LogP contribution in [0.25, 0.3) is 0 Å². The van der Waals surface area contributed by atoms with Crippen molar-refractivity contribution in [1.29, 1.82) is 0 Å². The first-order valence-electron chi connectivity index (χ1n) is 6.24. The van der Waals surface area contributed by atoms with Crippen molar-refractivity contribution in [2.75, 3.05) is 19.4 Å². The molecule has 0 aliphatic carbocycles. The summed E-state index contributed by atoms with van der Waals surface area (Å²) in [6.07, 6.45) is 2.76. The predicted octanol–water partition coefficient (Wildman–Crippen LogP) is 0.410. The highest BCUT2D eigenvalue weighted by Crippen LogP contribution is 2.21. The Labute approximate surface area is 119 Å². The third-order valence-electron chi connectivity index (χ3n) is 3.15. The average Bonchev–Trinajstić information content (AvgIpc) is 2.38. The Morgan fingerprint density at radius 3 is 2.74 bits per heavy atom. The van der Waals surface area contributed by atoms with Crippen LogP contribution in [0, 0.1) is 0 Å². The second-order valence-corrected chi connectivity index (χ2v) is 7.03. The van der Waals surface area contributed by atoms with E-state index in [0.717, 1.165) is 12.8 Å². The number of carbonyl (C=O) groups excluding carboxylic acids is 1. The summed E-state index contributed by atoms with van der Waals surface area (Å²) in [5.74, 6) is -0.485. The molecule has 0 spiro atoms. The van der Waals surface area contributed by atoms with Crippen LogP contribution in [0.1, 0.15) is 32.1 Å². The van der Waals surface area contributed by atoms with Crippen LogP contribution in [-0.2, 0) is 19.6 Å². The standard InChI is InChI=1S/C11H20N2O4S2/c1-17-10(14)6-4-8-19(15,16)13-7-3-2-5-9(13)11(12)18/h9H,2-8H2,1H3,(H2,12,18). The SMILES string of the molecule is COC(=O)CCCS(=O)(=O)N1CCCCC1C(N)=S. The number of ether oxygens (including phenoxy) is 1. The summed E-state index contributed by atoms with van der Waals surface area (Å²) >= 11 is 4.93. The minimum atomic E-state index is -3.42. The Morgan fingerprint density at radius 1 is 1.47 bits per heavy atom. The van der Waals surface area contributed by atoms with Gasteiger partial charge in [0.1, 0.15) is 0 Å². The summed E-state index contributed by atoms with van der Waals surface area (Å²) in [6, 6.07) is -0.383. The van der Waals surface area contributed by atoms with Crippen LogP contribution in [0.5, 0.6) is 0 Å². The zero-order valence-corrected chi connectivity index (χ0v) is 12.6. The van der Waals surface area contributed by atoms with Gasteiger partial charge in [-0.05, 0) is 19.3 Å². The van der Waals surface area contributed by atoms with Gasteiger partial charge in [0, 0.05) is 13.0 Å². The molecule has 1 heterocycles. The molecule has 0 aromatic carbocycles. The lowest BCUT2D eigenvalue weighted by atomic mass is 10.1. The molecule has 1 aliphatic heterocycles. The molecule has 0 bridgehead atoms. The van der Waals surface area contributed by atoms with E-state index < -0.39 is 16.0 Å². The number of hydrogen-bond acceptors (Lipinski definition) is 5. The molecule has 0 aromatic rings. The van der Waals surface area contributed by atoms with E-state index in [9.17, 15) is 13.2 Å². The maximum atomic E-state index is 12.2. The topological polar surface area (TPSA) is 89.7 Å². The van der Waals surface area contributed by atoms with Gasteiger partial charge in [0.05, 0.1) is 23.9 Å². The van der Waals surface area contributed by atoms with Crippen LogP contribution in [0.2, 0.25) is 0 Å². The number of methoxy groups -OCH3 is 1. The number of nitrogens with zero attached hydrogens (tertiary/aromatic N) is 1. The Balaban J connectivity index is 2.64. The molecule has 1 saturated heterocycles. The summed E-state index contributed by atoms with van der Waals surface area (Å²) in [7, 11) is -2.14. The number of hydrogen-bond donors (Lipinski definition) is 1. The molecule has 1 aliphatic rings. The van der Waals surface area contributed by atoms with Gasteiger partial charge < -0.3 is 10.5 Å². The number of esters is 1. The molecule has 0 saturated carbocycles. The molecule has 6 nitrogen and oxygen atoms in total. The Bertz CT molecular complexity index is 436. The molecule has 1 atom stereocenters. The van der Waals surface area contributed by atoms with Gasteiger partial charge in [0.2, 0.25) is 10.0 Å². The van der Waals surface area contributed by atoms with Crippen molar-refractivity contribution in [3.8, 4) is 0 Å². The maximum Gasteiger partial charge on any atom is 0.305 e. The number of rotatable bonds is 6. The summed E-state index contributed by atoms with van der Waals surface area (Å²) in [4.78, 5) is 11.2. The lowest BCUT2D eigenvalue weighted by molar-refractivity contribution is -0.140. The lowest BCUT2D eigenvalue weighted by Gasteiger charge is -2.33.